The predicted molar refractivity (Wildman–Crippen MR) is 73.6 cm³/mol. The molecule has 1 rings (SSSR count). The van der Waals surface area contributed by atoms with E-state index in [4.69, 9.17) is 5.84 Å². The summed E-state index contributed by atoms with van der Waals surface area (Å²) < 4.78 is 26.1. The lowest BCUT2D eigenvalue weighted by Crippen LogP contribution is -2.34. The van der Waals surface area contributed by atoms with Gasteiger partial charge < -0.3 is 5.43 Å². The molecule has 0 bridgehead atoms. The Morgan fingerprint density at radius 1 is 1.33 bits per heavy atom. The highest BCUT2D eigenvalue weighted by Crippen LogP contribution is 2.20. The highest BCUT2D eigenvalue weighted by Gasteiger charge is 2.24. The molecule has 0 saturated heterocycles. The van der Waals surface area contributed by atoms with E-state index in [0.717, 1.165) is 12.8 Å². The van der Waals surface area contributed by atoms with Gasteiger partial charge in [0.25, 0.3) is 0 Å². The average Bonchev–Trinajstić information content (AvgIpc) is 2.38. The van der Waals surface area contributed by atoms with Gasteiger partial charge in [0.1, 0.15) is 0 Å². The fraction of sp³-hybridized carbons (Fsp3) is 0.500. The van der Waals surface area contributed by atoms with E-state index in [2.05, 4.69) is 5.43 Å². The molecule has 5 nitrogen and oxygen atoms in total. The zero-order valence-electron chi connectivity index (χ0n) is 11.1. The van der Waals surface area contributed by atoms with Gasteiger partial charge in [-0.2, -0.15) is 4.31 Å². The second kappa shape index (κ2) is 6.17. The van der Waals surface area contributed by atoms with Crippen LogP contribution in [0.25, 0.3) is 0 Å². The minimum Gasteiger partial charge on any atom is -0.324 e. The Morgan fingerprint density at radius 3 is 2.33 bits per heavy atom. The molecule has 3 N–H and O–H groups in total. The van der Waals surface area contributed by atoms with Crippen LogP contribution in [0.3, 0.4) is 0 Å². The van der Waals surface area contributed by atoms with Gasteiger partial charge in [0, 0.05) is 18.8 Å². The fourth-order valence-corrected chi connectivity index (χ4v) is 3.12. The van der Waals surface area contributed by atoms with Crippen LogP contribution in [-0.4, -0.2) is 25.8 Å². The number of hydrogen-bond donors (Lipinski definition) is 2. The van der Waals surface area contributed by atoms with E-state index < -0.39 is 10.0 Å². The van der Waals surface area contributed by atoms with E-state index >= 15 is 0 Å². The molecule has 18 heavy (non-hydrogen) atoms. The van der Waals surface area contributed by atoms with E-state index in [-0.39, 0.29) is 10.9 Å². The molecule has 0 aliphatic heterocycles. The van der Waals surface area contributed by atoms with Crippen molar-refractivity contribution in [2.45, 2.75) is 37.6 Å². The molecule has 0 fully saturated rings. The molecule has 0 aromatic heterocycles. The number of hydrogen-bond acceptors (Lipinski definition) is 4. The second-order valence-corrected chi connectivity index (χ2v) is 6.33. The third-order valence-corrected chi connectivity index (χ3v) is 5.01. The molecule has 0 spiro atoms. The van der Waals surface area contributed by atoms with E-state index in [1.807, 2.05) is 13.8 Å². The summed E-state index contributed by atoms with van der Waals surface area (Å²) in [6.45, 7) is 3.95. The van der Waals surface area contributed by atoms with Gasteiger partial charge in [-0.1, -0.05) is 13.3 Å². The normalized spacial score (nSPS) is 13.6. The zero-order chi connectivity index (χ0) is 13.8. The van der Waals surface area contributed by atoms with E-state index in [1.54, 1.807) is 31.3 Å². The number of benzene rings is 1. The summed E-state index contributed by atoms with van der Waals surface area (Å²) in [5, 5.41) is 0. The number of nitrogen functional groups attached to an aromatic ring is 1. The molecule has 0 aliphatic carbocycles. The lowest BCUT2D eigenvalue weighted by molar-refractivity contribution is 0.369. The average molecular weight is 271 g/mol. The molecule has 0 saturated carbocycles. The van der Waals surface area contributed by atoms with Crippen LogP contribution in [0.5, 0.6) is 0 Å². The Labute approximate surface area is 109 Å². The van der Waals surface area contributed by atoms with Crippen molar-refractivity contribution >= 4 is 15.7 Å². The third kappa shape index (κ3) is 3.22. The molecule has 1 aromatic rings. The Bertz CT molecular complexity index is 471. The lowest BCUT2D eigenvalue weighted by atomic mass is 10.2. The van der Waals surface area contributed by atoms with Gasteiger partial charge in [0.05, 0.1) is 4.90 Å². The molecule has 0 aliphatic rings. The molecule has 1 unspecified atom stereocenters. The van der Waals surface area contributed by atoms with Gasteiger partial charge in [-0.15, -0.1) is 0 Å². The topological polar surface area (TPSA) is 75.4 Å². The first kappa shape index (κ1) is 14.9. The van der Waals surface area contributed by atoms with Gasteiger partial charge in [-0.05, 0) is 37.6 Å². The van der Waals surface area contributed by atoms with Crippen molar-refractivity contribution in [1.29, 1.82) is 0 Å². The van der Waals surface area contributed by atoms with Crippen molar-refractivity contribution < 1.29 is 8.42 Å². The molecule has 1 atom stereocenters. The zero-order valence-corrected chi connectivity index (χ0v) is 11.9. The Morgan fingerprint density at radius 2 is 1.89 bits per heavy atom. The maximum absolute atomic E-state index is 12.3. The van der Waals surface area contributed by atoms with Gasteiger partial charge >= 0.3 is 0 Å². The van der Waals surface area contributed by atoms with Crippen LogP contribution in [0.15, 0.2) is 29.2 Å². The maximum Gasteiger partial charge on any atom is 0.243 e. The SMILES string of the molecule is CCCC(C)N(C)S(=O)(=O)c1ccc(NN)cc1. The molecule has 0 radical (unpaired) electrons. The minimum atomic E-state index is -3.42. The van der Waals surface area contributed by atoms with Gasteiger partial charge in [0.15, 0.2) is 0 Å². The number of rotatable bonds is 6. The van der Waals surface area contributed by atoms with Crippen molar-refractivity contribution in [3.8, 4) is 0 Å². The Kier molecular flexibility index (Phi) is 5.13. The van der Waals surface area contributed by atoms with E-state index in [1.165, 1.54) is 4.31 Å². The smallest absolute Gasteiger partial charge is 0.243 e. The lowest BCUT2D eigenvalue weighted by Gasteiger charge is -2.24. The van der Waals surface area contributed by atoms with E-state index in [9.17, 15) is 8.42 Å². The first-order chi connectivity index (χ1) is 8.43. The first-order valence-electron chi connectivity index (χ1n) is 5.98. The molecule has 102 valence electrons. The second-order valence-electron chi connectivity index (χ2n) is 4.33. The highest BCUT2D eigenvalue weighted by atomic mass is 32.2. The van der Waals surface area contributed by atoms with Crippen LogP contribution in [0, 0.1) is 0 Å². The number of hydrazine groups is 1. The largest absolute Gasteiger partial charge is 0.324 e. The maximum atomic E-state index is 12.3. The van der Waals surface area contributed by atoms with Gasteiger partial charge in [-0.3, -0.25) is 5.84 Å². The quantitative estimate of drug-likeness (QED) is 0.611. The van der Waals surface area contributed by atoms with Crippen molar-refractivity contribution in [2.24, 2.45) is 5.84 Å². The van der Waals surface area contributed by atoms with E-state index in [0.29, 0.717) is 5.69 Å². The van der Waals surface area contributed by atoms with Crippen LogP contribution in [-0.2, 0) is 10.0 Å². The van der Waals surface area contributed by atoms with Gasteiger partial charge in [0.2, 0.25) is 10.0 Å². The molecular weight excluding hydrogens is 250 g/mol. The van der Waals surface area contributed by atoms with Crippen LogP contribution in [0.2, 0.25) is 0 Å². The number of anilines is 1. The summed E-state index contributed by atoms with van der Waals surface area (Å²) in [5.41, 5.74) is 3.15. The number of nitrogens with one attached hydrogen (secondary N) is 1. The molecular formula is C12H21N3O2S. The third-order valence-electron chi connectivity index (χ3n) is 3.03. The van der Waals surface area contributed by atoms with Crippen molar-refractivity contribution in [2.75, 3.05) is 12.5 Å². The minimum absolute atomic E-state index is 0.00712. The van der Waals surface area contributed by atoms with Crippen LogP contribution in [0.1, 0.15) is 26.7 Å². The van der Waals surface area contributed by atoms with Crippen LogP contribution < -0.4 is 11.3 Å². The summed E-state index contributed by atoms with van der Waals surface area (Å²) in [6.07, 6.45) is 1.80. The van der Waals surface area contributed by atoms with Crippen molar-refractivity contribution in [3.63, 3.8) is 0 Å². The summed E-state index contributed by atoms with van der Waals surface area (Å²) in [5.74, 6) is 5.25. The fourth-order valence-electron chi connectivity index (χ4n) is 1.73. The molecule has 0 amide bonds. The van der Waals surface area contributed by atoms with Crippen molar-refractivity contribution in [3.05, 3.63) is 24.3 Å². The number of nitrogens with two attached hydrogens (primary N) is 1. The van der Waals surface area contributed by atoms with Crippen LogP contribution >= 0.6 is 0 Å². The summed E-state index contributed by atoms with van der Waals surface area (Å²) in [6, 6.07) is 6.39. The first-order valence-corrected chi connectivity index (χ1v) is 7.42. The summed E-state index contributed by atoms with van der Waals surface area (Å²) in [7, 11) is -1.80. The molecule has 6 heteroatoms. The van der Waals surface area contributed by atoms with Gasteiger partial charge in [-0.25, -0.2) is 8.42 Å². The number of sulfonamides is 1. The summed E-state index contributed by atoms with van der Waals surface area (Å²) >= 11 is 0. The number of nitrogens with zero attached hydrogens (tertiary/aromatic N) is 1. The highest BCUT2D eigenvalue weighted by molar-refractivity contribution is 7.89. The molecule has 1 aromatic carbocycles. The van der Waals surface area contributed by atoms with Crippen LogP contribution in [0.4, 0.5) is 5.69 Å². The monoisotopic (exact) mass is 271 g/mol. The molecule has 0 heterocycles. The Hall–Kier alpha value is -1.11. The standard InChI is InChI=1S/C12H21N3O2S/c1-4-5-10(2)15(3)18(16,17)12-8-6-11(14-13)7-9-12/h6-10,14H,4-5,13H2,1-3H3. The predicted octanol–water partition coefficient (Wildman–Crippen LogP) is 1.78. The Balaban J connectivity index is 2.97. The summed E-state index contributed by atoms with van der Waals surface area (Å²) in [4.78, 5) is 0.284. The van der Waals surface area contributed by atoms with Crippen molar-refractivity contribution in [1.82, 2.24) is 4.31 Å².